The number of aliphatic hydroxyl groups is 1. The van der Waals surface area contributed by atoms with E-state index < -0.39 is 5.72 Å². The zero-order chi connectivity index (χ0) is 16.6. The Morgan fingerprint density at radius 1 is 1.39 bits per heavy atom. The summed E-state index contributed by atoms with van der Waals surface area (Å²) in [5.41, 5.74) is 0.864. The molecule has 4 nitrogen and oxygen atoms in total. The maximum absolute atomic E-state index is 13.0. The summed E-state index contributed by atoms with van der Waals surface area (Å²) in [6, 6.07) is 5.97. The van der Waals surface area contributed by atoms with Gasteiger partial charge < -0.3 is 10.4 Å². The van der Waals surface area contributed by atoms with E-state index in [4.69, 9.17) is 12.2 Å². The molecular weight excluding hydrogens is 313 g/mol. The predicted octanol–water partition coefficient (Wildman–Crippen LogP) is 3.19. The second kappa shape index (κ2) is 4.51. The highest BCUT2D eigenvalue weighted by Gasteiger charge is 2.75. The Labute approximate surface area is 140 Å². The number of hydrogen-bond acceptors (Lipinski definition) is 3. The van der Waals surface area contributed by atoms with Crippen LogP contribution in [0.2, 0.25) is 0 Å². The van der Waals surface area contributed by atoms with Crippen molar-refractivity contribution in [2.24, 2.45) is 28.3 Å². The fraction of sp³-hybridized carbons (Fsp3) is 0.529. The zero-order valence-corrected chi connectivity index (χ0v) is 14.2. The van der Waals surface area contributed by atoms with E-state index in [0.717, 1.165) is 5.71 Å². The van der Waals surface area contributed by atoms with Crippen molar-refractivity contribution in [3.8, 4) is 0 Å². The van der Waals surface area contributed by atoms with Gasteiger partial charge in [0, 0.05) is 17.8 Å². The van der Waals surface area contributed by atoms with Crippen LogP contribution in [0, 0.1) is 29.0 Å². The van der Waals surface area contributed by atoms with Gasteiger partial charge in [-0.3, -0.25) is 0 Å². The van der Waals surface area contributed by atoms with Crippen molar-refractivity contribution in [2.45, 2.75) is 32.9 Å². The van der Waals surface area contributed by atoms with Gasteiger partial charge in [-0.1, -0.05) is 13.8 Å². The van der Waals surface area contributed by atoms with Crippen LogP contribution in [0.4, 0.5) is 10.1 Å². The Morgan fingerprint density at radius 3 is 2.70 bits per heavy atom. The lowest BCUT2D eigenvalue weighted by Gasteiger charge is -2.36. The highest BCUT2D eigenvalue weighted by molar-refractivity contribution is 7.80. The molecule has 1 aliphatic heterocycles. The first kappa shape index (κ1) is 15.0. The molecule has 4 atom stereocenters. The third-order valence-electron chi connectivity index (χ3n) is 5.88. The molecule has 0 aromatic heterocycles. The number of hydrogen-bond donors (Lipinski definition) is 2. The summed E-state index contributed by atoms with van der Waals surface area (Å²) < 4.78 is 13.0. The van der Waals surface area contributed by atoms with E-state index >= 15 is 0 Å². The maximum Gasteiger partial charge on any atom is 0.196 e. The summed E-state index contributed by atoms with van der Waals surface area (Å²) in [6.07, 6.45) is 0.682. The summed E-state index contributed by atoms with van der Waals surface area (Å²) >= 11 is 5.44. The van der Waals surface area contributed by atoms with Gasteiger partial charge in [0.15, 0.2) is 10.8 Å². The number of hydrazone groups is 1. The molecule has 23 heavy (non-hydrogen) atoms. The molecule has 2 saturated carbocycles. The van der Waals surface area contributed by atoms with Gasteiger partial charge in [0.05, 0.1) is 5.92 Å². The van der Waals surface area contributed by atoms with E-state index in [1.54, 1.807) is 17.1 Å². The molecule has 0 amide bonds. The predicted molar refractivity (Wildman–Crippen MR) is 91.4 cm³/mol. The molecular formula is C17H20FN3OS. The van der Waals surface area contributed by atoms with Gasteiger partial charge in [0.25, 0.3) is 0 Å². The first-order valence-electron chi connectivity index (χ1n) is 7.89. The number of anilines is 1. The number of halogens is 1. The van der Waals surface area contributed by atoms with Gasteiger partial charge in [-0.25, -0.2) is 9.40 Å². The smallest absolute Gasteiger partial charge is 0.196 e. The third kappa shape index (κ3) is 1.97. The molecule has 2 fully saturated rings. The normalized spacial score (nSPS) is 36.3. The fourth-order valence-electron chi connectivity index (χ4n) is 4.63. The lowest BCUT2D eigenvalue weighted by molar-refractivity contribution is -0.0845. The van der Waals surface area contributed by atoms with Crippen LogP contribution in [0.5, 0.6) is 0 Å². The largest absolute Gasteiger partial charge is 0.368 e. The van der Waals surface area contributed by atoms with Crippen molar-refractivity contribution in [3.63, 3.8) is 0 Å². The van der Waals surface area contributed by atoms with Crippen LogP contribution in [0.25, 0.3) is 0 Å². The minimum atomic E-state index is -1.03. The second-order valence-electron chi connectivity index (χ2n) is 7.50. The van der Waals surface area contributed by atoms with E-state index in [-0.39, 0.29) is 17.2 Å². The van der Waals surface area contributed by atoms with Crippen molar-refractivity contribution in [1.82, 2.24) is 5.01 Å². The monoisotopic (exact) mass is 333 g/mol. The van der Waals surface area contributed by atoms with Crippen LogP contribution >= 0.6 is 12.2 Å². The fourth-order valence-corrected chi connectivity index (χ4v) is 4.94. The summed E-state index contributed by atoms with van der Waals surface area (Å²) in [6.45, 7) is 6.48. The number of rotatable bonds is 1. The quantitative estimate of drug-likeness (QED) is 0.775. The average Bonchev–Trinajstić information content (AvgIpc) is 2.79. The molecule has 0 bridgehead atoms. The Bertz CT molecular complexity index is 717. The van der Waals surface area contributed by atoms with Gasteiger partial charge in [0.2, 0.25) is 0 Å². The van der Waals surface area contributed by atoms with E-state index in [0.29, 0.717) is 29.1 Å². The summed E-state index contributed by atoms with van der Waals surface area (Å²) in [5, 5.41) is 20.7. The first-order valence-corrected chi connectivity index (χ1v) is 8.30. The van der Waals surface area contributed by atoms with Gasteiger partial charge in [-0.15, -0.1) is 0 Å². The van der Waals surface area contributed by atoms with Gasteiger partial charge in [0.1, 0.15) is 5.82 Å². The van der Waals surface area contributed by atoms with Crippen LogP contribution < -0.4 is 5.32 Å². The van der Waals surface area contributed by atoms with E-state index in [9.17, 15) is 9.50 Å². The summed E-state index contributed by atoms with van der Waals surface area (Å²) in [7, 11) is 0. The van der Waals surface area contributed by atoms with Gasteiger partial charge in [-0.05, 0) is 60.7 Å². The van der Waals surface area contributed by atoms with E-state index in [1.165, 1.54) is 12.1 Å². The topological polar surface area (TPSA) is 47.9 Å². The SMILES string of the molecule is CC1=NN(C(=S)Nc2ccc(F)cc2)[C@@]2(O)C[C@@H]3[C@@H]([C@H]12)C3(C)C. The third-order valence-corrected chi connectivity index (χ3v) is 6.15. The minimum Gasteiger partial charge on any atom is -0.368 e. The standard InChI is InChI=1S/C17H20FN3OS/c1-9-13-14-12(16(14,2)3)8-17(13,22)21(20-9)15(23)19-11-6-4-10(18)5-7-11/h4-7,12-14,22H,8H2,1-3H3,(H,19,23)/t12-,13+,14+,17-/m1/s1. The molecule has 0 unspecified atom stereocenters. The van der Waals surface area contributed by atoms with Crippen LogP contribution in [0.15, 0.2) is 29.4 Å². The Kier molecular flexibility index (Phi) is 2.95. The molecule has 2 aliphatic carbocycles. The van der Waals surface area contributed by atoms with Crippen LogP contribution in [0.1, 0.15) is 27.2 Å². The minimum absolute atomic E-state index is 0.0375. The lowest BCUT2D eigenvalue weighted by atomic mass is 9.84. The van der Waals surface area contributed by atoms with Crippen molar-refractivity contribution < 1.29 is 9.50 Å². The van der Waals surface area contributed by atoms with Crippen LogP contribution in [0.3, 0.4) is 0 Å². The number of benzene rings is 1. The maximum atomic E-state index is 13.0. The van der Waals surface area contributed by atoms with Crippen molar-refractivity contribution in [1.29, 1.82) is 0 Å². The number of nitrogens with zero attached hydrogens (tertiary/aromatic N) is 2. The number of thiocarbonyl (C=S) groups is 1. The van der Waals surface area contributed by atoms with E-state index in [1.807, 2.05) is 6.92 Å². The highest BCUT2D eigenvalue weighted by Crippen LogP contribution is 2.73. The van der Waals surface area contributed by atoms with Crippen molar-refractivity contribution in [3.05, 3.63) is 30.1 Å². The molecule has 0 saturated heterocycles. The van der Waals surface area contributed by atoms with Crippen molar-refractivity contribution in [2.75, 3.05) is 5.32 Å². The molecule has 1 heterocycles. The number of fused-ring (bicyclic) bond motifs is 3. The zero-order valence-electron chi connectivity index (χ0n) is 13.4. The summed E-state index contributed by atoms with van der Waals surface area (Å²) in [5.74, 6) is 0.720. The van der Waals surface area contributed by atoms with Crippen molar-refractivity contribution >= 4 is 28.7 Å². The molecule has 0 spiro atoms. The summed E-state index contributed by atoms with van der Waals surface area (Å²) in [4.78, 5) is 0. The molecule has 3 aliphatic rings. The van der Waals surface area contributed by atoms with Crippen LogP contribution in [-0.2, 0) is 0 Å². The van der Waals surface area contributed by atoms with E-state index in [2.05, 4.69) is 24.3 Å². The molecule has 1 aromatic rings. The van der Waals surface area contributed by atoms with Gasteiger partial charge in [-0.2, -0.15) is 5.10 Å². The van der Waals surface area contributed by atoms with Crippen LogP contribution in [-0.4, -0.2) is 26.7 Å². The van der Waals surface area contributed by atoms with Gasteiger partial charge >= 0.3 is 0 Å². The lowest BCUT2D eigenvalue weighted by Crippen LogP contribution is -2.51. The Morgan fingerprint density at radius 2 is 2.04 bits per heavy atom. The highest BCUT2D eigenvalue weighted by atomic mass is 32.1. The Hall–Kier alpha value is -1.53. The first-order chi connectivity index (χ1) is 10.7. The average molecular weight is 333 g/mol. The molecule has 1 aromatic carbocycles. The molecule has 2 N–H and O–H groups in total. The molecule has 122 valence electrons. The molecule has 0 radical (unpaired) electrons. The second-order valence-corrected chi connectivity index (χ2v) is 7.89. The molecule has 4 rings (SSSR count). The number of nitrogens with one attached hydrogen (secondary N) is 1. The Balaban J connectivity index is 1.56. The molecule has 6 heteroatoms.